The summed E-state index contributed by atoms with van der Waals surface area (Å²) in [4.78, 5) is 30.2. The highest BCUT2D eigenvalue weighted by atomic mass is 19.1. The Kier molecular flexibility index (Phi) is 5.96. The Hall–Kier alpha value is -2.51. The first kappa shape index (κ1) is 20.2. The molecule has 2 unspecified atom stereocenters. The van der Waals surface area contributed by atoms with E-state index in [1.54, 1.807) is 26.0 Å². The first-order valence-electron chi connectivity index (χ1n) is 9.26. The molecule has 0 saturated carbocycles. The SMILES string of the molecule is COC(=O)c1c(C)[nH]c(C(=O)C(C)N2CCOC(c3ccc(F)cc3)C2)c1C. The smallest absolute Gasteiger partial charge is 0.339 e. The molecule has 0 radical (unpaired) electrons. The van der Waals surface area contributed by atoms with Gasteiger partial charge in [-0.2, -0.15) is 0 Å². The molecule has 28 heavy (non-hydrogen) atoms. The number of esters is 1. The van der Waals surface area contributed by atoms with Crippen molar-refractivity contribution in [3.63, 3.8) is 0 Å². The lowest BCUT2D eigenvalue weighted by Gasteiger charge is -2.36. The van der Waals surface area contributed by atoms with Crippen molar-refractivity contribution in [1.29, 1.82) is 0 Å². The summed E-state index contributed by atoms with van der Waals surface area (Å²) < 4.78 is 23.8. The van der Waals surface area contributed by atoms with E-state index in [4.69, 9.17) is 9.47 Å². The summed E-state index contributed by atoms with van der Waals surface area (Å²) in [6.07, 6.45) is -0.221. The van der Waals surface area contributed by atoms with Crippen LogP contribution in [0.5, 0.6) is 0 Å². The molecule has 6 nitrogen and oxygen atoms in total. The van der Waals surface area contributed by atoms with Gasteiger partial charge >= 0.3 is 5.97 Å². The Morgan fingerprint density at radius 1 is 1.29 bits per heavy atom. The topological polar surface area (TPSA) is 71.6 Å². The van der Waals surface area contributed by atoms with Crippen LogP contribution in [0.1, 0.15) is 50.7 Å². The normalized spacial score (nSPS) is 18.7. The van der Waals surface area contributed by atoms with Crippen molar-refractivity contribution in [1.82, 2.24) is 9.88 Å². The number of carbonyl (C=O) groups is 2. The van der Waals surface area contributed by atoms with E-state index < -0.39 is 12.0 Å². The van der Waals surface area contributed by atoms with Crippen LogP contribution in [0, 0.1) is 19.7 Å². The van der Waals surface area contributed by atoms with Gasteiger partial charge in [0.05, 0.1) is 37.1 Å². The van der Waals surface area contributed by atoms with E-state index in [2.05, 4.69) is 4.98 Å². The molecule has 1 N–H and O–H groups in total. The minimum absolute atomic E-state index is 0.0875. The predicted molar refractivity (Wildman–Crippen MR) is 102 cm³/mol. The fourth-order valence-electron chi connectivity index (χ4n) is 3.68. The Labute approximate surface area is 163 Å². The number of benzene rings is 1. The standard InChI is InChI=1S/C21H25FN2O4/c1-12-18(21(26)27-4)13(2)23-19(12)20(25)14(3)24-9-10-28-17(11-24)15-5-7-16(22)8-6-15/h5-8,14,17,23H,9-11H2,1-4H3. The molecule has 0 bridgehead atoms. The van der Waals surface area contributed by atoms with Crippen molar-refractivity contribution in [2.45, 2.75) is 32.9 Å². The number of hydrogen-bond donors (Lipinski definition) is 1. The van der Waals surface area contributed by atoms with Crippen molar-refractivity contribution in [2.75, 3.05) is 26.8 Å². The summed E-state index contributed by atoms with van der Waals surface area (Å²) >= 11 is 0. The van der Waals surface area contributed by atoms with Crippen molar-refractivity contribution in [2.24, 2.45) is 0 Å². The molecule has 1 aromatic heterocycles. The zero-order valence-electron chi connectivity index (χ0n) is 16.5. The van der Waals surface area contributed by atoms with Gasteiger partial charge in [-0.1, -0.05) is 12.1 Å². The highest BCUT2D eigenvalue weighted by molar-refractivity contribution is 6.03. The van der Waals surface area contributed by atoms with Crippen LogP contribution in [-0.2, 0) is 9.47 Å². The van der Waals surface area contributed by atoms with Gasteiger partial charge in [-0.15, -0.1) is 0 Å². The number of ether oxygens (including phenoxy) is 2. The van der Waals surface area contributed by atoms with Crippen LogP contribution < -0.4 is 0 Å². The molecule has 2 heterocycles. The molecule has 1 fully saturated rings. The Morgan fingerprint density at radius 2 is 1.96 bits per heavy atom. The lowest BCUT2D eigenvalue weighted by molar-refractivity contribution is -0.0388. The van der Waals surface area contributed by atoms with Gasteiger partial charge in [0.1, 0.15) is 5.82 Å². The Balaban J connectivity index is 1.78. The number of carbonyl (C=O) groups excluding carboxylic acids is 2. The third kappa shape index (κ3) is 3.86. The van der Waals surface area contributed by atoms with Crippen LogP contribution in [0.25, 0.3) is 0 Å². The number of hydrogen-bond acceptors (Lipinski definition) is 5. The van der Waals surface area contributed by atoms with Crippen LogP contribution in [0.3, 0.4) is 0 Å². The molecule has 1 saturated heterocycles. The second-order valence-electron chi connectivity index (χ2n) is 7.06. The first-order valence-corrected chi connectivity index (χ1v) is 9.26. The summed E-state index contributed by atoms with van der Waals surface area (Å²) in [5, 5.41) is 0. The number of aromatic nitrogens is 1. The molecule has 1 aliphatic heterocycles. The maximum atomic E-state index is 13.2. The fraction of sp³-hybridized carbons (Fsp3) is 0.429. The van der Waals surface area contributed by atoms with Gasteiger partial charge in [0, 0.05) is 18.8 Å². The highest BCUT2D eigenvalue weighted by Gasteiger charge is 2.32. The quantitative estimate of drug-likeness (QED) is 0.629. The van der Waals surface area contributed by atoms with E-state index in [9.17, 15) is 14.0 Å². The molecule has 7 heteroatoms. The van der Waals surface area contributed by atoms with E-state index in [1.165, 1.54) is 19.2 Å². The molecule has 1 aliphatic rings. The molecule has 0 amide bonds. The first-order chi connectivity index (χ1) is 13.3. The molecular weight excluding hydrogens is 363 g/mol. The minimum Gasteiger partial charge on any atom is -0.465 e. The fourth-order valence-corrected chi connectivity index (χ4v) is 3.68. The van der Waals surface area contributed by atoms with E-state index in [-0.39, 0.29) is 17.7 Å². The number of methoxy groups -OCH3 is 1. The van der Waals surface area contributed by atoms with Gasteiger partial charge < -0.3 is 14.5 Å². The van der Waals surface area contributed by atoms with Crippen LogP contribution in [0.4, 0.5) is 4.39 Å². The van der Waals surface area contributed by atoms with Gasteiger partial charge in [0.15, 0.2) is 5.78 Å². The summed E-state index contributed by atoms with van der Waals surface area (Å²) in [7, 11) is 1.32. The molecule has 2 aromatic rings. The number of morpholine rings is 1. The molecule has 1 aromatic carbocycles. The maximum absolute atomic E-state index is 13.2. The second kappa shape index (κ2) is 8.24. The molecule has 2 atom stereocenters. The van der Waals surface area contributed by atoms with Crippen LogP contribution in [0.15, 0.2) is 24.3 Å². The third-order valence-corrected chi connectivity index (χ3v) is 5.34. The Bertz CT molecular complexity index is 875. The molecule has 150 valence electrons. The van der Waals surface area contributed by atoms with Crippen LogP contribution in [0.2, 0.25) is 0 Å². The molecular formula is C21H25FN2O4. The highest BCUT2D eigenvalue weighted by Crippen LogP contribution is 2.26. The lowest BCUT2D eigenvalue weighted by atomic mass is 10.0. The maximum Gasteiger partial charge on any atom is 0.339 e. The summed E-state index contributed by atoms with van der Waals surface area (Å²) in [5.41, 5.74) is 2.93. The predicted octanol–water partition coefficient (Wildman–Crippen LogP) is 3.20. The van der Waals surface area contributed by atoms with E-state index >= 15 is 0 Å². The summed E-state index contributed by atoms with van der Waals surface area (Å²) in [6.45, 7) is 6.98. The zero-order valence-corrected chi connectivity index (χ0v) is 16.5. The van der Waals surface area contributed by atoms with Crippen molar-refractivity contribution >= 4 is 11.8 Å². The van der Waals surface area contributed by atoms with E-state index in [0.29, 0.717) is 42.2 Å². The Morgan fingerprint density at radius 3 is 2.61 bits per heavy atom. The van der Waals surface area contributed by atoms with Crippen LogP contribution in [-0.4, -0.2) is 54.5 Å². The van der Waals surface area contributed by atoms with Gasteiger partial charge in [-0.05, 0) is 44.0 Å². The van der Waals surface area contributed by atoms with E-state index in [0.717, 1.165) is 5.56 Å². The van der Waals surface area contributed by atoms with Gasteiger partial charge in [-0.25, -0.2) is 9.18 Å². The second-order valence-corrected chi connectivity index (χ2v) is 7.06. The summed E-state index contributed by atoms with van der Waals surface area (Å²) in [6, 6.07) is 5.83. The van der Waals surface area contributed by atoms with E-state index in [1.807, 2.05) is 11.8 Å². The number of Topliss-reactive ketones (excluding diaryl/α,β-unsaturated/α-hetero) is 1. The molecule has 3 rings (SSSR count). The number of nitrogens with one attached hydrogen (secondary N) is 1. The van der Waals surface area contributed by atoms with Crippen molar-refractivity contribution in [3.8, 4) is 0 Å². The number of rotatable bonds is 5. The average Bonchev–Trinajstić information content (AvgIpc) is 3.01. The number of ketones is 1. The van der Waals surface area contributed by atoms with Gasteiger partial charge in [0.25, 0.3) is 0 Å². The largest absolute Gasteiger partial charge is 0.465 e. The number of nitrogens with zero attached hydrogens (tertiary/aromatic N) is 1. The number of H-pyrrole nitrogens is 1. The van der Waals surface area contributed by atoms with Crippen molar-refractivity contribution in [3.05, 3.63) is 58.2 Å². The minimum atomic E-state index is -0.458. The number of aryl methyl sites for hydroxylation is 1. The molecule has 0 spiro atoms. The molecule has 0 aliphatic carbocycles. The van der Waals surface area contributed by atoms with Gasteiger partial charge in [0.2, 0.25) is 0 Å². The van der Waals surface area contributed by atoms with Crippen LogP contribution >= 0.6 is 0 Å². The van der Waals surface area contributed by atoms with Gasteiger partial charge in [-0.3, -0.25) is 9.69 Å². The summed E-state index contributed by atoms with van der Waals surface area (Å²) in [5.74, 6) is -0.838. The lowest BCUT2D eigenvalue weighted by Crippen LogP contribution is -2.47. The monoisotopic (exact) mass is 388 g/mol. The number of halogens is 1. The zero-order chi connectivity index (χ0) is 20.4. The van der Waals surface area contributed by atoms with Crippen molar-refractivity contribution < 1.29 is 23.5 Å². The third-order valence-electron chi connectivity index (χ3n) is 5.34. The number of aromatic amines is 1. The average molecular weight is 388 g/mol.